The van der Waals surface area contributed by atoms with Crippen molar-refractivity contribution in [1.29, 1.82) is 0 Å². The number of ether oxygens (including phenoxy) is 1. The lowest BCUT2D eigenvalue weighted by Gasteiger charge is -2.14. The molecule has 0 radical (unpaired) electrons. The van der Waals surface area contributed by atoms with E-state index < -0.39 is 0 Å². The third-order valence-corrected chi connectivity index (χ3v) is 3.25. The van der Waals surface area contributed by atoms with Crippen LogP contribution in [0.4, 0.5) is 5.69 Å². The third-order valence-electron chi connectivity index (χ3n) is 2.95. The van der Waals surface area contributed by atoms with Gasteiger partial charge in [0.15, 0.2) is 0 Å². The highest BCUT2D eigenvalue weighted by Gasteiger charge is 2.12. The molecule has 1 amide bonds. The molecule has 0 aromatic heterocycles. The molecule has 8 heteroatoms. The molecule has 0 aliphatic rings. The zero-order valence-corrected chi connectivity index (χ0v) is 16.3. The van der Waals surface area contributed by atoms with Gasteiger partial charge in [-0.25, -0.2) is 0 Å². The number of benzene rings is 1. The van der Waals surface area contributed by atoms with Crippen molar-refractivity contribution >= 4 is 48.0 Å². The molecule has 0 heterocycles. The number of hydrogen-bond donors (Lipinski definition) is 2. The lowest BCUT2D eigenvalue weighted by molar-refractivity contribution is -0.119. The van der Waals surface area contributed by atoms with E-state index in [4.69, 9.17) is 16.3 Å². The van der Waals surface area contributed by atoms with E-state index in [0.717, 1.165) is 6.54 Å². The minimum atomic E-state index is -0.107. The minimum Gasteiger partial charge on any atom is -0.491 e. The Morgan fingerprint density at radius 1 is 1.35 bits per heavy atom. The average Bonchev–Trinajstić information content (AvgIpc) is 2.41. The summed E-state index contributed by atoms with van der Waals surface area (Å²) in [5.74, 6) is 0.478. The summed E-state index contributed by atoms with van der Waals surface area (Å²) in [4.78, 5) is 13.9. The van der Waals surface area contributed by atoms with Gasteiger partial charge in [-0.1, -0.05) is 18.5 Å². The molecule has 1 aromatic carbocycles. The summed E-state index contributed by atoms with van der Waals surface area (Å²) in [6, 6.07) is 5.27. The van der Waals surface area contributed by atoms with E-state index in [-0.39, 0.29) is 36.6 Å². The Balaban J connectivity index is 0. The number of likely N-dealkylation sites (N-methyl/N-ethyl adjacent to an activating group) is 1. The van der Waals surface area contributed by atoms with Crippen LogP contribution in [0.2, 0.25) is 5.02 Å². The molecule has 0 saturated carbocycles. The number of rotatable bonds is 8. The van der Waals surface area contributed by atoms with E-state index in [1.807, 2.05) is 33.0 Å². The van der Waals surface area contributed by atoms with E-state index in [1.165, 1.54) is 0 Å². The number of nitrogens with zero attached hydrogens (tertiary/aromatic N) is 1. The van der Waals surface area contributed by atoms with Gasteiger partial charge in [0.1, 0.15) is 12.4 Å². The van der Waals surface area contributed by atoms with Crippen LogP contribution in [0, 0.1) is 5.92 Å². The van der Waals surface area contributed by atoms with Gasteiger partial charge in [-0.3, -0.25) is 4.79 Å². The number of halogens is 3. The van der Waals surface area contributed by atoms with Gasteiger partial charge in [0.05, 0.1) is 5.02 Å². The molecule has 1 rings (SSSR count). The zero-order chi connectivity index (χ0) is 15.8. The first-order valence-corrected chi connectivity index (χ1v) is 7.34. The van der Waals surface area contributed by atoms with Crippen LogP contribution in [-0.2, 0) is 4.79 Å². The van der Waals surface area contributed by atoms with Crippen molar-refractivity contribution < 1.29 is 9.53 Å². The summed E-state index contributed by atoms with van der Waals surface area (Å²) in [6.45, 7) is 3.88. The van der Waals surface area contributed by atoms with Gasteiger partial charge < -0.3 is 20.3 Å². The van der Waals surface area contributed by atoms with E-state index in [9.17, 15) is 4.79 Å². The van der Waals surface area contributed by atoms with Crippen molar-refractivity contribution in [2.24, 2.45) is 5.92 Å². The maximum atomic E-state index is 11.9. The summed E-state index contributed by atoms with van der Waals surface area (Å²) in [7, 11) is 5.78. The number of carbonyl (C=O) groups is 1. The molecular formula is C15H26Cl3N3O2. The second-order valence-electron chi connectivity index (χ2n) is 5.24. The van der Waals surface area contributed by atoms with Crippen LogP contribution in [-0.4, -0.2) is 51.6 Å². The number of amides is 1. The van der Waals surface area contributed by atoms with Crippen molar-refractivity contribution in [3.63, 3.8) is 0 Å². The van der Waals surface area contributed by atoms with Crippen LogP contribution in [0.5, 0.6) is 5.75 Å². The van der Waals surface area contributed by atoms with Gasteiger partial charge in [0.2, 0.25) is 5.91 Å². The Labute approximate surface area is 155 Å². The average molecular weight is 387 g/mol. The van der Waals surface area contributed by atoms with Crippen LogP contribution >= 0.6 is 36.4 Å². The summed E-state index contributed by atoms with van der Waals surface area (Å²) in [5, 5.41) is 6.31. The zero-order valence-electron chi connectivity index (χ0n) is 13.9. The predicted molar refractivity (Wildman–Crippen MR) is 102 cm³/mol. The Kier molecular flexibility index (Phi) is 13.5. The number of anilines is 1. The molecule has 2 N–H and O–H groups in total. The molecule has 134 valence electrons. The monoisotopic (exact) mass is 385 g/mol. The molecule has 1 unspecified atom stereocenters. The third kappa shape index (κ3) is 9.23. The fourth-order valence-corrected chi connectivity index (χ4v) is 1.93. The quantitative estimate of drug-likeness (QED) is 0.721. The van der Waals surface area contributed by atoms with E-state index >= 15 is 0 Å². The molecule has 23 heavy (non-hydrogen) atoms. The van der Waals surface area contributed by atoms with Crippen LogP contribution in [0.3, 0.4) is 0 Å². The molecule has 0 spiro atoms. The maximum absolute atomic E-state index is 11.9. The molecule has 0 bridgehead atoms. The second-order valence-corrected chi connectivity index (χ2v) is 5.65. The molecule has 1 aromatic rings. The topological polar surface area (TPSA) is 53.6 Å². The van der Waals surface area contributed by atoms with Gasteiger partial charge in [0, 0.05) is 24.7 Å². The highest BCUT2D eigenvalue weighted by Crippen LogP contribution is 2.27. The van der Waals surface area contributed by atoms with Crippen LogP contribution in [0.1, 0.15) is 6.92 Å². The van der Waals surface area contributed by atoms with Gasteiger partial charge in [-0.15, -0.1) is 24.8 Å². The molecular weight excluding hydrogens is 361 g/mol. The molecule has 0 aliphatic carbocycles. The van der Waals surface area contributed by atoms with Crippen molar-refractivity contribution in [2.75, 3.05) is 46.2 Å². The Hall–Kier alpha value is -0.720. The Morgan fingerprint density at radius 3 is 2.52 bits per heavy atom. The highest BCUT2D eigenvalue weighted by atomic mass is 35.5. The van der Waals surface area contributed by atoms with E-state index in [2.05, 4.69) is 10.6 Å². The van der Waals surface area contributed by atoms with Crippen LogP contribution in [0.15, 0.2) is 18.2 Å². The van der Waals surface area contributed by atoms with Gasteiger partial charge in [-0.05, 0) is 39.3 Å². The summed E-state index contributed by atoms with van der Waals surface area (Å²) >= 11 is 6.17. The van der Waals surface area contributed by atoms with Crippen molar-refractivity contribution in [2.45, 2.75) is 6.92 Å². The lowest BCUT2D eigenvalue weighted by Crippen LogP contribution is -2.28. The van der Waals surface area contributed by atoms with Crippen LogP contribution in [0.25, 0.3) is 0 Å². The van der Waals surface area contributed by atoms with Crippen LogP contribution < -0.4 is 15.4 Å². The van der Waals surface area contributed by atoms with Crippen molar-refractivity contribution in [3.05, 3.63) is 23.2 Å². The SMILES string of the molecule is CNCC(C)C(=O)Nc1ccc(OCCN(C)C)c(Cl)c1.Cl.Cl. The highest BCUT2D eigenvalue weighted by molar-refractivity contribution is 6.32. The first-order chi connectivity index (χ1) is 9.93. The predicted octanol–water partition coefficient (Wildman–Crippen LogP) is 2.92. The molecule has 1 atom stereocenters. The molecule has 0 aliphatic heterocycles. The smallest absolute Gasteiger partial charge is 0.228 e. The summed E-state index contributed by atoms with van der Waals surface area (Å²) < 4.78 is 5.60. The minimum absolute atomic E-state index is 0. The summed E-state index contributed by atoms with van der Waals surface area (Å²) in [6.07, 6.45) is 0. The van der Waals surface area contributed by atoms with Gasteiger partial charge in [-0.2, -0.15) is 0 Å². The molecule has 0 fully saturated rings. The second kappa shape index (κ2) is 12.7. The fourth-order valence-electron chi connectivity index (χ4n) is 1.70. The first-order valence-electron chi connectivity index (χ1n) is 6.96. The standard InChI is InChI=1S/C15H24ClN3O2.2ClH/c1-11(10-17-2)15(20)18-12-5-6-14(13(16)9-12)21-8-7-19(3)4;;/h5-6,9,11,17H,7-8,10H2,1-4H3,(H,18,20);2*1H. The summed E-state index contributed by atoms with van der Waals surface area (Å²) in [5.41, 5.74) is 0.674. The van der Waals surface area contributed by atoms with E-state index in [1.54, 1.807) is 18.2 Å². The lowest BCUT2D eigenvalue weighted by atomic mass is 10.1. The molecule has 0 saturated heterocycles. The number of nitrogens with one attached hydrogen (secondary N) is 2. The van der Waals surface area contributed by atoms with Crippen molar-refractivity contribution in [1.82, 2.24) is 10.2 Å². The van der Waals surface area contributed by atoms with Gasteiger partial charge >= 0.3 is 0 Å². The van der Waals surface area contributed by atoms with Gasteiger partial charge in [0.25, 0.3) is 0 Å². The Morgan fingerprint density at radius 2 is 2.00 bits per heavy atom. The number of carbonyl (C=O) groups excluding carboxylic acids is 1. The normalized spacial score (nSPS) is 11.2. The maximum Gasteiger partial charge on any atom is 0.228 e. The largest absolute Gasteiger partial charge is 0.491 e. The first kappa shape index (κ1) is 24.5. The Bertz CT molecular complexity index is 473. The van der Waals surface area contributed by atoms with Crippen molar-refractivity contribution in [3.8, 4) is 5.75 Å². The van der Waals surface area contributed by atoms with E-state index in [0.29, 0.717) is 29.6 Å². The number of hydrogen-bond acceptors (Lipinski definition) is 4. The molecule has 5 nitrogen and oxygen atoms in total. The fraction of sp³-hybridized carbons (Fsp3) is 0.533.